The Labute approximate surface area is 86.0 Å². The Morgan fingerprint density at radius 1 is 1.20 bits per heavy atom. The number of pyridine rings is 1. The number of phenols is 1. The highest BCUT2D eigenvalue weighted by Gasteiger charge is 2.06. The largest absolute Gasteiger partial charge is 0.507 e. The van der Waals surface area contributed by atoms with Crippen LogP contribution >= 0.6 is 0 Å². The lowest BCUT2D eigenvalue weighted by Crippen LogP contribution is -1.88. The third-order valence-electron chi connectivity index (χ3n) is 2.02. The molecule has 3 nitrogen and oxygen atoms in total. The first-order valence-electron chi connectivity index (χ1n) is 4.37. The second-order valence-electron chi connectivity index (χ2n) is 3.14. The van der Waals surface area contributed by atoms with Gasteiger partial charge < -0.3 is 10.8 Å². The van der Waals surface area contributed by atoms with Crippen molar-refractivity contribution in [3.63, 3.8) is 0 Å². The van der Waals surface area contributed by atoms with Crippen molar-refractivity contribution in [2.45, 2.75) is 0 Å². The van der Waals surface area contributed by atoms with Crippen molar-refractivity contribution in [2.24, 2.45) is 0 Å². The van der Waals surface area contributed by atoms with E-state index in [9.17, 15) is 9.50 Å². The highest BCUT2D eigenvalue weighted by Crippen LogP contribution is 2.29. The van der Waals surface area contributed by atoms with Gasteiger partial charge in [-0.15, -0.1) is 0 Å². The van der Waals surface area contributed by atoms with Gasteiger partial charge in [-0.3, -0.25) is 4.98 Å². The predicted octanol–water partition coefficient (Wildman–Crippen LogP) is 2.18. The molecule has 4 heteroatoms. The molecule has 0 atom stereocenters. The minimum Gasteiger partial charge on any atom is -0.507 e. The van der Waals surface area contributed by atoms with Crippen LogP contribution in [0.4, 0.5) is 10.1 Å². The first kappa shape index (κ1) is 9.45. The van der Waals surface area contributed by atoms with Gasteiger partial charge in [-0.2, -0.15) is 0 Å². The number of benzene rings is 1. The first-order valence-corrected chi connectivity index (χ1v) is 4.37. The van der Waals surface area contributed by atoms with Crippen LogP contribution < -0.4 is 5.73 Å². The fourth-order valence-electron chi connectivity index (χ4n) is 1.32. The fraction of sp³-hybridized carbons (Fsp3) is 0. The van der Waals surface area contributed by atoms with Gasteiger partial charge in [-0.05, 0) is 18.2 Å². The van der Waals surface area contributed by atoms with Crippen LogP contribution in [-0.2, 0) is 0 Å². The van der Waals surface area contributed by atoms with Crippen molar-refractivity contribution in [1.82, 2.24) is 4.98 Å². The third kappa shape index (κ3) is 1.88. The Morgan fingerprint density at radius 2 is 2.00 bits per heavy atom. The molecule has 0 radical (unpaired) electrons. The maximum atomic E-state index is 12.9. The van der Waals surface area contributed by atoms with Crippen molar-refractivity contribution >= 4 is 5.69 Å². The number of nitrogens with two attached hydrogens (primary N) is 1. The van der Waals surface area contributed by atoms with E-state index in [1.807, 2.05) is 0 Å². The summed E-state index contributed by atoms with van der Waals surface area (Å²) in [5.74, 6) is -0.399. The number of aromatic hydroxyl groups is 1. The smallest absolute Gasteiger partial charge is 0.127 e. The molecule has 0 bridgehead atoms. The number of nitrogens with zero attached hydrogens (tertiary/aromatic N) is 1. The van der Waals surface area contributed by atoms with E-state index in [0.29, 0.717) is 16.9 Å². The summed E-state index contributed by atoms with van der Waals surface area (Å²) >= 11 is 0. The predicted molar refractivity (Wildman–Crippen MR) is 55.7 cm³/mol. The molecule has 2 aromatic rings. The van der Waals surface area contributed by atoms with Crippen LogP contribution in [0, 0.1) is 5.82 Å². The molecule has 0 aliphatic carbocycles. The molecule has 0 aliphatic rings. The summed E-state index contributed by atoms with van der Waals surface area (Å²) in [5, 5.41) is 9.59. The van der Waals surface area contributed by atoms with E-state index >= 15 is 0 Å². The number of halogens is 1. The molecule has 1 heterocycles. The number of phenolic OH excluding ortho intramolecular Hbond substituents is 1. The Balaban J connectivity index is 2.54. The van der Waals surface area contributed by atoms with Gasteiger partial charge in [0.25, 0.3) is 0 Å². The first-order chi connectivity index (χ1) is 7.16. The van der Waals surface area contributed by atoms with Crippen LogP contribution in [0.15, 0.2) is 36.5 Å². The van der Waals surface area contributed by atoms with Gasteiger partial charge in [0.2, 0.25) is 0 Å². The van der Waals surface area contributed by atoms with Gasteiger partial charge in [0, 0.05) is 29.6 Å². The van der Waals surface area contributed by atoms with E-state index in [2.05, 4.69) is 4.98 Å². The minimum absolute atomic E-state index is 0.00639. The van der Waals surface area contributed by atoms with E-state index in [0.717, 1.165) is 0 Å². The number of anilines is 1. The Hall–Kier alpha value is -2.10. The lowest BCUT2D eigenvalue weighted by Gasteiger charge is -2.04. The van der Waals surface area contributed by atoms with E-state index in [4.69, 9.17) is 5.73 Å². The molecule has 1 aromatic carbocycles. The monoisotopic (exact) mass is 204 g/mol. The van der Waals surface area contributed by atoms with E-state index < -0.39 is 5.82 Å². The summed E-state index contributed by atoms with van der Waals surface area (Å²) in [6.45, 7) is 0. The average molecular weight is 204 g/mol. The summed E-state index contributed by atoms with van der Waals surface area (Å²) < 4.78 is 12.9. The van der Waals surface area contributed by atoms with Crippen molar-refractivity contribution in [1.29, 1.82) is 0 Å². The van der Waals surface area contributed by atoms with Gasteiger partial charge in [-0.25, -0.2) is 4.39 Å². The zero-order valence-electron chi connectivity index (χ0n) is 7.81. The van der Waals surface area contributed by atoms with Crippen molar-refractivity contribution < 1.29 is 9.50 Å². The molecular weight excluding hydrogens is 195 g/mol. The summed E-state index contributed by atoms with van der Waals surface area (Å²) in [7, 11) is 0. The molecule has 0 amide bonds. The van der Waals surface area contributed by atoms with Gasteiger partial charge >= 0.3 is 0 Å². The lowest BCUT2D eigenvalue weighted by molar-refractivity contribution is 0.477. The van der Waals surface area contributed by atoms with Crippen molar-refractivity contribution in [3.05, 3.63) is 42.3 Å². The third-order valence-corrected chi connectivity index (χ3v) is 2.02. The average Bonchev–Trinajstić information content (AvgIpc) is 2.17. The molecule has 0 saturated carbocycles. The Morgan fingerprint density at radius 3 is 2.67 bits per heavy atom. The van der Waals surface area contributed by atoms with Crippen molar-refractivity contribution in [2.75, 3.05) is 5.73 Å². The van der Waals surface area contributed by atoms with Crippen LogP contribution in [0.3, 0.4) is 0 Å². The highest BCUT2D eigenvalue weighted by atomic mass is 19.1. The normalized spacial score (nSPS) is 10.2. The number of rotatable bonds is 1. The molecule has 0 spiro atoms. The molecule has 15 heavy (non-hydrogen) atoms. The van der Waals surface area contributed by atoms with Crippen LogP contribution in [0.5, 0.6) is 5.75 Å². The Bertz CT molecular complexity index is 500. The number of aromatic nitrogens is 1. The van der Waals surface area contributed by atoms with Crippen LogP contribution in [0.2, 0.25) is 0 Å². The van der Waals surface area contributed by atoms with Crippen LogP contribution in [-0.4, -0.2) is 10.1 Å². The second-order valence-corrected chi connectivity index (χ2v) is 3.14. The topological polar surface area (TPSA) is 59.1 Å². The molecule has 0 fully saturated rings. The zero-order chi connectivity index (χ0) is 10.8. The quantitative estimate of drug-likeness (QED) is 0.700. The van der Waals surface area contributed by atoms with Gasteiger partial charge in [0.1, 0.15) is 11.6 Å². The van der Waals surface area contributed by atoms with E-state index in [1.54, 1.807) is 12.1 Å². The standard InChI is InChI=1S/C11H9FN2O/c12-7-3-4-14-10(5-7)9-2-1-8(13)6-11(9)15/h1-6,15H,13H2. The number of hydrogen-bond donors (Lipinski definition) is 2. The maximum Gasteiger partial charge on any atom is 0.127 e. The molecule has 2 rings (SSSR count). The molecule has 1 aromatic heterocycles. The minimum atomic E-state index is -0.392. The Kier molecular flexibility index (Phi) is 2.25. The SMILES string of the molecule is Nc1ccc(-c2cc(F)ccn2)c(O)c1. The molecular formula is C11H9FN2O. The zero-order valence-corrected chi connectivity index (χ0v) is 7.81. The molecule has 0 saturated heterocycles. The molecule has 0 aliphatic heterocycles. The van der Waals surface area contributed by atoms with E-state index in [1.165, 1.54) is 24.4 Å². The van der Waals surface area contributed by atoms with Crippen molar-refractivity contribution in [3.8, 4) is 17.0 Å². The van der Waals surface area contributed by atoms with Gasteiger partial charge in [0.05, 0.1) is 5.69 Å². The number of hydrogen-bond acceptors (Lipinski definition) is 3. The van der Waals surface area contributed by atoms with Crippen LogP contribution in [0.25, 0.3) is 11.3 Å². The maximum absolute atomic E-state index is 12.9. The van der Waals surface area contributed by atoms with Crippen LogP contribution in [0.1, 0.15) is 0 Å². The summed E-state index contributed by atoms with van der Waals surface area (Å²) in [5.41, 5.74) is 6.78. The van der Waals surface area contributed by atoms with E-state index in [-0.39, 0.29) is 5.75 Å². The fourth-order valence-corrected chi connectivity index (χ4v) is 1.32. The van der Waals surface area contributed by atoms with Gasteiger partial charge in [-0.1, -0.05) is 0 Å². The summed E-state index contributed by atoms with van der Waals surface area (Å²) in [6.07, 6.45) is 1.35. The lowest BCUT2D eigenvalue weighted by atomic mass is 10.1. The molecule has 0 unspecified atom stereocenters. The summed E-state index contributed by atoms with van der Waals surface area (Å²) in [6, 6.07) is 7.14. The second kappa shape index (κ2) is 3.57. The number of nitrogen functional groups attached to an aromatic ring is 1. The van der Waals surface area contributed by atoms with Gasteiger partial charge in [0.15, 0.2) is 0 Å². The molecule has 3 N–H and O–H groups in total. The molecule has 76 valence electrons. The highest BCUT2D eigenvalue weighted by molar-refractivity contribution is 5.69. The summed E-state index contributed by atoms with van der Waals surface area (Å²) in [4.78, 5) is 3.96.